The van der Waals surface area contributed by atoms with Gasteiger partial charge in [-0.2, -0.15) is 4.57 Å². The van der Waals surface area contributed by atoms with Crippen LogP contribution in [0.15, 0.2) is 30.5 Å². The number of hydrogen-bond acceptors (Lipinski definition) is 1. The van der Waals surface area contributed by atoms with Gasteiger partial charge in [0.1, 0.15) is 0 Å². The fourth-order valence-corrected chi connectivity index (χ4v) is 2.01. The number of aryl methyl sites for hydroxylation is 2. The van der Waals surface area contributed by atoms with Gasteiger partial charge in [0, 0.05) is 18.6 Å². The number of carbonyl (C=O) groups excluding carboxylic acids is 1. The molecule has 0 unspecified atom stereocenters. The second-order valence-corrected chi connectivity index (χ2v) is 4.93. The number of hydrogen-bond donors (Lipinski definition) is 1. The molecular formula is C16H16F3N2O+. The lowest BCUT2D eigenvalue weighted by Gasteiger charge is -2.07. The van der Waals surface area contributed by atoms with E-state index in [0.29, 0.717) is 0 Å². The number of aromatic nitrogens is 1. The molecule has 0 radical (unpaired) electrons. The quantitative estimate of drug-likeness (QED) is 0.684. The number of rotatable bonds is 4. The number of benzene rings is 1. The summed E-state index contributed by atoms with van der Waals surface area (Å²) < 4.78 is 41.2. The molecule has 0 fully saturated rings. The third-order valence-corrected chi connectivity index (χ3v) is 3.34. The summed E-state index contributed by atoms with van der Waals surface area (Å²) in [5.41, 5.74) is 1.53. The maximum absolute atomic E-state index is 13.5. The van der Waals surface area contributed by atoms with E-state index in [1.165, 1.54) is 0 Å². The van der Waals surface area contributed by atoms with E-state index in [1.54, 1.807) is 4.57 Å². The van der Waals surface area contributed by atoms with Crippen molar-refractivity contribution in [2.45, 2.75) is 26.8 Å². The zero-order valence-corrected chi connectivity index (χ0v) is 12.3. The smallest absolute Gasteiger partial charge is 0.290 e. The highest BCUT2D eigenvalue weighted by Crippen LogP contribution is 2.19. The molecule has 1 N–H and O–H groups in total. The van der Waals surface area contributed by atoms with Crippen molar-refractivity contribution in [3.63, 3.8) is 0 Å². The van der Waals surface area contributed by atoms with Crippen molar-refractivity contribution in [1.29, 1.82) is 0 Å². The summed E-state index contributed by atoms with van der Waals surface area (Å²) in [6.07, 6.45) is 2.65. The molecule has 0 aliphatic rings. The summed E-state index contributed by atoms with van der Waals surface area (Å²) in [6.45, 7) is 3.79. The number of halogens is 3. The molecule has 1 aromatic carbocycles. The van der Waals surface area contributed by atoms with Crippen molar-refractivity contribution in [1.82, 2.24) is 0 Å². The van der Waals surface area contributed by atoms with Gasteiger partial charge in [-0.3, -0.25) is 4.79 Å². The first-order valence-electron chi connectivity index (χ1n) is 6.84. The fourth-order valence-electron chi connectivity index (χ4n) is 2.01. The molecule has 0 atom stereocenters. The number of pyridine rings is 1. The van der Waals surface area contributed by atoms with Crippen LogP contribution in [0.25, 0.3) is 0 Å². The minimum atomic E-state index is -1.60. The molecule has 0 aliphatic heterocycles. The highest BCUT2D eigenvalue weighted by molar-refractivity contribution is 5.89. The second-order valence-electron chi connectivity index (χ2n) is 4.93. The summed E-state index contributed by atoms with van der Waals surface area (Å²) >= 11 is 0. The van der Waals surface area contributed by atoms with Gasteiger partial charge in [0.05, 0.1) is 5.69 Å². The van der Waals surface area contributed by atoms with Gasteiger partial charge in [-0.25, -0.2) is 13.2 Å². The van der Waals surface area contributed by atoms with Crippen molar-refractivity contribution in [2.75, 3.05) is 5.32 Å². The molecule has 1 aromatic heterocycles. The van der Waals surface area contributed by atoms with Crippen LogP contribution in [-0.2, 0) is 17.8 Å². The Morgan fingerprint density at radius 2 is 1.86 bits per heavy atom. The maximum atomic E-state index is 13.5. The van der Waals surface area contributed by atoms with Crippen LogP contribution < -0.4 is 9.88 Å². The Morgan fingerprint density at radius 1 is 1.14 bits per heavy atom. The molecule has 0 saturated carbocycles. The van der Waals surface area contributed by atoms with Gasteiger partial charge in [0.25, 0.3) is 5.91 Å². The van der Waals surface area contributed by atoms with Gasteiger partial charge < -0.3 is 5.32 Å². The molecule has 0 spiro atoms. The molecule has 3 nitrogen and oxygen atoms in total. The van der Waals surface area contributed by atoms with Crippen molar-refractivity contribution in [3.05, 3.63) is 59.2 Å². The topological polar surface area (TPSA) is 33.0 Å². The van der Waals surface area contributed by atoms with E-state index in [-0.39, 0.29) is 12.2 Å². The Labute approximate surface area is 126 Å². The third-order valence-electron chi connectivity index (χ3n) is 3.34. The van der Waals surface area contributed by atoms with Gasteiger partial charge in [-0.05, 0) is 24.6 Å². The maximum Gasteiger partial charge on any atom is 0.290 e. The zero-order chi connectivity index (χ0) is 16.3. The van der Waals surface area contributed by atoms with Crippen molar-refractivity contribution in [2.24, 2.45) is 0 Å². The Hall–Kier alpha value is -2.37. The third kappa shape index (κ3) is 3.44. The molecule has 0 bridgehead atoms. The highest BCUT2D eigenvalue weighted by atomic mass is 19.2. The fraction of sp³-hybridized carbons (Fsp3) is 0.250. The van der Waals surface area contributed by atoms with Gasteiger partial charge in [0.2, 0.25) is 6.54 Å². The summed E-state index contributed by atoms with van der Waals surface area (Å²) in [5.74, 6) is -4.82. The average Bonchev–Trinajstić information content (AvgIpc) is 2.50. The van der Waals surface area contributed by atoms with E-state index in [0.717, 1.165) is 29.8 Å². The van der Waals surface area contributed by atoms with Gasteiger partial charge >= 0.3 is 0 Å². The van der Waals surface area contributed by atoms with Crippen LogP contribution in [0.3, 0.4) is 0 Å². The van der Waals surface area contributed by atoms with Gasteiger partial charge in [0.15, 0.2) is 29.3 Å². The summed E-state index contributed by atoms with van der Waals surface area (Å²) in [5, 5.41) is 2.25. The van der Waals surface area contributed by atoms with Crippen molar-refractivity contribution in [3.8, 4) is 0 Å². The standard InChI is InChI=1S/C16H15F3N2O/c1-3-11-5-4-10(2)21(8-11)9-14(22)20-13-7-6-12(17)15(18)16(13)19/h4-8H,3,9H2,1-2H3/p+1. The number of nitrogens with one attached hydrogen (secondary N) is 1. The lowest BCUT2D eigenvalue weighted by molar-refractivity contribution is -0.690. The molecule has 0 aliphatic carbocycles. The zero-order valence-electron chi connectivity index (χ0n) is 12.3. The van der Waals surface area contributed by atoms with Crippen LogP contribution in [0.2, 0.25) is 0 Å². The minimum Gasteiger partial charge on any atom is -0.318 e. The van der Waals surface area contributed by atoms with E-state index >= 15 is 0 Å². The van der Waals surface area contributed by atoms with Crippen molar-refractivity contribution >= 4 is 11.6 Å². The minimum absolute atomic E-state index is 0.0435. The summed E-state index contributed by atoms with van der Waals surface area (Å²) in [7, 11) is 0. The van der Waals surface area contributed by atoms with Crippen LogP contribution in [0, 0.1) is 24.4 Å². The van der Waals surface area contributed by atoms with Gasteiger partial charge in [-0.15, -0.1) is 0 Å². The summed E-state index contributed by atoms with van der Waals surface area (Å²) in [6, 6.07) is 5.60. The molecule has 116 valence electrons. The molecule has 2 rings (SSSR count). The molecule has 1 amide bonds. The lowest BCUT2D eigenvalue weighted by Crippen LogP contribution is -2.43. The van der Waals surface area contributed by atoms with E-state index < -0.39 is 23.4 Å². The number of anilines is 1. The molecule has 6 heteroatoms. The van der Waals surface area contributed by atoms with Crippen LogP contribution >= 0.6 is 0 Å². The largest absolute Gasteiger partial charge is 0.318 e. The Morgan fingerprint density at radius 3 is 2.55 bits per heavy atom. The highest BCUT2D eigenvalue weighted by Gasteiger charge is 2.18. The van der Waals surface area contributed by atoms with Crippen LogP contribution in [0.5, 0.6) is 0 Å². The second kappa shape index (κ2) is 6.60. The SMILES string of the molecule is CCc1ccc(C)[n+](CC(=O)Nc2ccc(F)c(F)c2F)c1. The number of amides is 1. The number of nitrogens with zero attached hydrogens (tertiary/aromatic N) is 1. The molecule has 22 heavy (non-hydrogen) atoms. The Balaban J connectivity index is 2.16. The first kappa shape index (κ1) is 16.0. The van der Waals surface area contributed by atoms with E-state index in [9.17, 15) is 18.0 Å². The van der Waals surface area contributed by atoms with E-state index in [1.807, 2.05) is 32.2 Å². The first-order chi connectivity index (χ1) is 10.4. The molecular weight excluding hydrogens is 293 g/mol. The summed E-state index contributed by atoms with van der Waals surface area (Å²) in [4.78, 5) is 12.0. The monoisotopic (exact) mass is 309 g/mol. The van der Waals surface area contributed by atoms with Crippen LogP contribution in [-0.4, -0.2) is 5.91 Å². The van der Waals surface area contributed by atoms with Gasteiger partial charge in [-0.1, -0.05) is 6.92 Å². The van der Waals surface area contributed by atoms with Crippen molar-refractivity contribution < 1.29 is 22.5 Å². The molecule has 0 saturated heterocycles. The molecule has 1 heterocycles. The van der Waals surface area contributed by atoms with Crippen LogP contribution in [0.4, 0.5) is 18.9 Å². The Kier molecular flexibility index (Phi) is 4.80. The predicted octanol–water partition coefficient (Wildman–Crippen LogP) is 2.90. The number of carbonyl (C=O) groups is 1. The average molecular weight is 309 g/mol. The first-order valence-corrected chi connectivity index (χ1v) is 6.84. The normalized spacial score (nSPS) is 10.6. The van der Waals surface area contributed by atoms with E-state index in [4.69, 9.17) is 0 Å². The lowest BCUT2D eigenvalue weighted by atomic mass is 10.2. The van der Waals surface area contributed by atoms with E-state index in [2.05, 4.69) is 5.32 Å². The van der Waals surface area contributed by atoms with Crippen LogP contribution in [0.1, 0.15) is 18.2 Å². The predicted molar refractivity (Wildman–Crippen MR) is 75.7 cm³/mol. The Bertz CT molecular complexity index is 717. The molecule has 2 aromatic rings.